The molecule has 0 aliphatic heterocycles. The first-order valence-electron chi connectivity index (χ1n) is 8.69. The Balaban J connectivity index is 1.74. The second-order valence-corrected chi connectivity index (χ2v) is 7.14. The fourth-order valence-corrected chi connectivity index (χ4v) is 3.08. The normalized spacial score (nSPS) is 10.4. The molecule has 140 valence electrons. The number of carbonyl (C=O) groups is 1. The summed E-state index contributed by atoms with van der Waals surface area (Å²) >= 11 is 9.23. The molecule has 0 aliphatic rings. The maximum atomic E-state index is 12.0. The number of nitrogens with one attached hydrogen (secondary N) is 1. The highest BCUT2D eigenvalue weighted by Crippen LogP contribution is 2.28. The molecule has 0 bridgehead atoms. The highest BCUT2D eigenvalue weighted by Gasteiger charge is 2.07. The second-order valence-electron chi connectivity index (χ2n) is 5.85. The Morgan fingerprint density at radius 3 is 2.54 bits per heavy atom. The molecule has 0 radical (unpaired) electrons. The molecule has 0 saturated heterocycles. The van der Waals surface area contributed by atoms with Crippen LogP contribution in [-0.2, 0) is 4.79 Å². The van der Waals surface area contributed by atoms with E-state index in [1.165, 1.54) is 19.3 Å². The van der Waals surface area contributed by atoms with E-state index < -0.39 is 0 Å². The van der Waals surface area contributed by atoms with Gasteiger partial charge >= 0.3 is 0 Å². The molecule has 0 aromatic heterocycles. The topological polar surface area (TPSA) is 47.6 Å². The first-order chi connectivity index (χ1) is 12.6. The van der Waals surface area contributed by atoms with Crippen molar-refractivity contribution in [2.24, 2.45) is 0 Å². The molecule has 1 amide bonds. The Kier molecular flexibility index (Phi) is 8.78. The summed E-state index contributed by atoms with van der Waals surface area (Å²) < 4.78 is 11.9. The molecular weight excluding hydrogens is 418 g/mol. The third kappa shape index (κ3) is 7.26. The molecule has 0 saturated carbocycles. The smallest absolute Gasteiger partial charge is 0.262 e. The molecule has 0 heterocycles. The first kappa shape index (κ1) is 20.6. The Morgan fingerprint density at radius 2 is 1.85 bits per heavy atom. The van der Waals surface area contributed by atoms with Crippen molar-refractivity contribution in [3.63, 3.8) is 0 Å². The number of benzene rings is 2. The number of hydrogen-bond acceptors (Lipinski definition) is 3. The minimum atomic E-state index is -0.236. The maximum Gasteiger partial charge on any atom is 0.262 e. The fourth-order valence-electron chi connectivity index (χ4n) is 2.29. The molecular formula is C20H23BrClNO3. The van der Waals surface area contributed by atoms with Crippen molar-refractivity contribution in [3.8, 4) is 11.5 Å². The van der Waals surface area contributed by atoms with Crippen molar-refractivity contribution < 1.29 is 14.3 Å². The fraction of sp³-hybridized carbons (Fsp3) is 0.350. The minimum absolute atomic E-state index is 0.0874. The molecule has 2 rings (SSSR count). The van der Waals surface area contributed by atoms with Crippen LogP contribution in [0.15, 0.2) is 46.9 Å². The molecule has 6 heteroatoms. The summed E-state index contributed by atoms with van der Waals surface area (Å²) in [5.41, 5.74) is 0.701. The van der Waals surface area contributed by atoms with Gasteiger partial charge < -0.3 is 14.8 Å². The highest BCUT2D eigenvalue weighted by molar-refractivity contribution is 9.10. The van der Waals surface area contributed by atoms with Crippen molar-refractivity contribution >= 4 is 39.1 Å². The van der Waals surface area contributed by atoms with Crippen LogP contribution in [0.5, 0.6) is 11.5 Å². The summed E-state index contributed by atoms with van der Waals surface area (Å²) in [7, 11) is 0. The number of amides is 1. The SMILES string of the molecule is CCCCCCOc1ccc(NC(=O)COc2ccc(Cl)cc2Br)cc1. The lowest BCUT2D eigenvalue weighted by atomic mass is 10.2. The quantitative estimate of drug-likeness (QED) is 0.455. The van der Waals surface area contributed by atoms with Gasteiger partial charge in [0.25, 0.3) is 5.91 Å². The van der Waals surface area contributed by atoms with Gasteiger partial charge in [-0.3, -0.25) is 4.79 Å². The average molecular weight is 441 g/mol. The van der Waals surface area contributed by atoms with E-state index in [2.05, 4.69) is 28.2 Å². The molecule has 0 unspecified atom stereocenters. The van der Waals surface area contributed by atoms with Crippen LogP contribution in [0.3, 0.4) is 0 Å². The maximum absolute atomic E-state index is 12.0. The van der Waals surface area contributed by atoms with Crippen LogP contribution in [0.25, 0.3) is 0 Å². The Labute approximate surface area is 168 Å². The standard InChI is InChI=1S/C20H23BrClNO3/c1-2-3-4-5-12-25-17-9-7-16(8-10-17)23-20(24)14-26-19-11-6-15(22)13-18(19)21/h6-11,13H,2-5,12,14H2,1H3,(H,23,24). The molecule has 2 aromatic rings. The monoisotopic (exact) mass is 439 g/mol. The number of hydrogen-bond donors (Lipinski definition) is 1. The summed E-state index contributed by atoms with van der Waals surface area (Å²) in [5, 5.41) is 3.39. The number of rotatable bonds is 10. The molecule has 2 aromatic carbocycles. The predicted octanol–water partition coefficient (Wildman–Crippen LogP) is 6.08. The first-order valence-corrected chi connectivity index (χ1v) is 9.86. The van der Waals surface area contributed by atoms with Gasteiger partial charge in [-0.25, -0.2) is 0 Å². The van der Waals surface area contributed by atoms with E-state index in [0.717, 1.165) is 18.8 Å². The van der Waals surface area contributed by atoms with Crippen molar-refractivity contribution in [2.45, 2.75) is 32.6 Å². The van der Waals surface area contributed by atoms with Gasteiger partial charge in [-0.15, -0.1) is 0 Å². The molecule has 1 N–H and O–H groups in total. The number of anilines is 1. The molecule has 0 fully saturated rings. The number of unbranched alkanes of at least 4 members (excludes halogenated alkanes) is 3. The minimum Gasteiger partial charge on any atom is -0.494 e. The van der Waals surface area contributed by atoms with Crippen LogP contribution in [0.2, 0.25) is 5.02 Å². The van der Waals surface area contributed by atoms with E-state index in [1.54, 1.807) is 18.2 Å². The van der Waals surface area contributed by atoms with Gasteiger partial charge in [0.2, 0.25) is 0 Å². The van der Waals surface area contributed by atoms with Gasteiger partial charge in [-0.1, -0.05) is 37.8 Å². The Hall–Kier alpha value is -1.72. The summed E-state index contributed by atoms with van der Waals surface area (Å²) in [4.78, 5) is 12.0. The second kappa shape index (κ2) is 11.1. The molecule has 0 atom stereocenters. The summed E-state index contributed by atoms with van der Waals surface area (Å²) in [6.45, 7) is 2.82. The van der Waals surface area contributed by atoms with E-state index in [-0.39, 0.29) is 12.5 Å². The van der Waals surface area contributed by atoms with E-state index in [4.69, 9.17) is 21.1 Å². The molecule has 26 heavy (non-hydrogen) atoms. The van der Waals surface area contributed by atoms with Crippen LogP contribution in [0, 0.1) is 0 Å². The predicted molar refractivity (Wildman–Crippen MR) is 109 cm³/mol. The summed E-state index contributed by atoms with van der Waals surface area (Å²) in [5.74, 6) is 1.14. The van der Waals surface area contributed by atoms with E-state index in [1.807, 2.05) is 24.3 Å². The lowest BCUT2D eigenvalue weighted by molar-refractivity contribution is -0.118. The van der Waals surface area contributed by atoms with Crippen molar-refractivity contribution in [1.82, 2.24) is 0 Å². The van der Waals surface area contributed by atoms with Crippen LogP contribution in [-0.4, -0.2) is 19.1 Å². The zero-order valence-electron chi connectivity index (χ0n) is 14.8. The van der Waals surface area contributed by atoms with Gasteiger partial charge in [-0.2, -0.15) is 0 Å². The number of ether oxygens (including phenoxy) is 2. The highest BCUT2D eigenvalue weighted by atomic mass is 79.9. The third-order valence-electron chi connectivity index (χ3n) is 3.66. The van der Waals surface area contributed by atoms with Crippen molar-refractivity contribution in [3.05, 3.63) is 52.0 Å². The molecule has 4 nitrogen and oxygen atoms in total. The van der Waals surface area contributed by atoms with Gasteiger partial charge in [0, 0.05) is 10.7 Å². The van der Waals surface area contributed by atoms with Gasteiger partial charge in [0.15, 0.2) is 6.61 Å². The van der Waals surface area contributed by atoms with Crippen LogP contribution >= 0.6 is 27.5 Å². The van der Waals surface area contributed by atoms with E-state index in [0.29, 0.717) is 20.9 Å². The van der Waals surface area contributed by atoms with E-state index in [9.17, 15) is 4.79 Å². The Morgan fingerprint density at radius 1 is 1.08 bits per heavy atom. The van der Waals surface area contributed by atoms with Crippen LogP contribution in [0.1, 0.15) is 32.6 Å². The number of halogens is 2. The largest absolute Gasteiger partial charge is 0.494 e. The van der Waals surface area contributed by atoms with Gasteiger partial charge in [0.1, 0.15) is 11.5 Å². The third-order valence-corrected chi connectivity index (χ3v) is 4.51. The molecule has 0 aliphatic carbocycles. The lowest BCUT2D eigenvalue weighted by Gasteiger charge is -2.10. The zero-order valence-corrected chi connectivity index (χ0v) is 17.1. The zero-order chi connectivity index (χ0) is 18.8. The summed E-state index contributed by atoms with van der Waals surface area (Å²) in [6, 6.07) is 12.5. The van der Waals surface area contributed by atoms with Crippen molar-refractivity contribution in [2.75, 3.05) is 18.5 Å². The van der Waals surface area contributed by atoms with Gasteiger partial charge in [-0.05, 0) is 64.8 Å². The van der Waals surface area contributed by atoms with Crippen molar-refractivity contribution in [1.29, 1.82) is 0 Å². The van der Waals surface area contributed by atoms with Crippen LogP contribution < -0.4 is 14.8 Å². The average Bonchev–Trinajstić information content (AvgIpc) is 2.62. The van der Waals surface area contributed by atoms with Crippen LogP contribution in [0.4, 0.5) is 5.69 Å². The van der Waals surface area contributed by atoms with Gasteiger partial charge in [0.05, 0.1) is 11.1 Å². The number of carbonyl (C=O) groups excluding carboxylic acids is 1. The Bertz CT molecular complexity index is 707. The molecule has 0 spiro atoms. The summed E-state index contributed by atoms with van der Waals surface area (Å²) in [6.07, 6.45) is 4.70. The lowest BCUT2D eigenvalue weighted by Crippen LogP contribution is -2.20. The van der Waals surface area contributed by atoms with E-state index >= 15 is 0 Å².